The van der Waals surface area contributed by atoms with Gasteiger partial charge in [0.1, 0.15) is 11.8 Å². The Hall–Kier alpha value is -3.25. The molecule has 162 valence electrons. The highest BCUT2D eigenvalue weighted by atomic mass is 19.3. The van der Waals surface area contributed by atoms with Crippen LogP contribution < -0.4 is 15.4 Å². The standard InChI is InChI=1S/C25H26F2N2O2/c26-25(27)31-22-15-13-21(14-16-22)24(20-11-5-2-6-12-20)29-18-23(30)28-17-7-10-19-8-3-1-4-9-19/h1-6,8-9,11-16,24-25,29H,7,10,17-18H2,(H,28,30)/p+1/t24-/m0/s1. The summed E-state index contributed by atoms with van der Waals surface area (Å²) in [5, 5.41) is 4.92. The van der Waals surface area contributed by atoms with E-state index in [9.17, 15) is 13.6 Å². The molecule has 3 aromatic rings. The lowest BCUT2D eigenvalue weighted by atomic mass is 9.98. The van der Waals surface area contributed by atoms with Crippen LogP contribution in [-0.2, 0) is 11.2 Å². The molecule has 0 spiro atoms. The average molecular weight is 425 g/mol. The maximum absolute atomic E-state index is 12.4. The number of ether oxygens (including phenoxy) is 1. The lowest BCUT2D eigenvalue weighted by molar-refractivity contribution is -0.676. The van der Waals surface area contributed by atoms with Gasteiger partial charge in [0.2, 0.25) is 0 Å². The molecule has 3 rings (SSSR count). The fraction of sp³-hybridized carbons (Fsp3) is 0.240. The predicted molar refractivity (Wildman–Crippen MR) is 116 cm³/mol. The van der Waals surface area contributed by atoms with Crippen molar-refractivity contribution in [3.63, 3.8) is 0 Å². The van der Waals surface area contributed by atoms with Crippen LogP contribution in [0.4, 0.5) is 8.78 Å². The first-order valence-corrected chi connectivity index (χ1v) is 10.4. The number of amides is 1. The zero-order valence-electron chi connectivity index (χ0n) is 17.2. The average Bonchev–Trinajstić information content (AvgIpc) is 2.79. The van der Waals surface area contributed by atoms with E-state index in [4.69, 9.17) is 0 Å². The lowest BCUT2D eigenvalue weighted by Gasteiger charge is -2.17. The number of halogens is 2. The van der Waals surface area contributed by atoms with Crippen molar-refractivity contribution in [2.45, 2.75) is 25.5 Å². The second-order valence-corrected chi connectivity index (χ2v) is 7.21. The molecule has 0 aliphatic rings. The van der Waals surface area contributed by atoms with Gasteiger partial charge < -0.3 is 15.4 Å². The summed E-state index contributed by atoms with van der Waals surface area (Å²) in [7, 11) is 0. The second kappa shape index (κ2) is 11.8. The van der Waals surface area contributed by atoms with E-state index >= 15 is 0 Å². The highest BCUT2D eigenvalue weighted by Gasteiger charge is 2.19. The van der Waals surface area contributed by atoms with Gasteiger partial charge in [-0.2, -0.15) is 8.78 Å². The van der Waals surface area contributed by atoms with E-state index in [1.165, 1.54) is 17.7 Å². The molecule has 0 radical (unpaired) electrons. The minimum Gasteiger partial charge on any atom is -0.435 e. The van der Waals surface area contributed by atoms with Gasteiger partial charge in [0.25, 0.3) is 5.91 Å². The summed E-state index contributed by atoms with van der Waals surface area (Å²) < 4.78 is 29.2. The number of rotatable bonds is 11. The molecule has 31 heavy (non-hydrogen) atoms. The molecule has 0 unspecified atom stereocenters. The second-order valence-electron chi connectivity index (χ2n) is 7.21. The Morgan fingerprint density at radius 1 is 0.871 bits per heavy atom. The molecular formula is C25H27F2N2O2+. The van der Waals surface area contributed by atoms with E-state index in [2.05, 4.69) is 22.2 Å². The van der Waals surface area contributed by atoms with Crippen molar-refractivity contribution >= 4 is 5.91 Å². The largest absolute Gasteiger partial charge is 0.435 e. The van der Waals surface area contributed by atoms with Gasteiger partial charge in [0, 0.05) is 17.7 Å². The van der Waals surface area contributed by atoms with Gasteiger partial charge >= 0.3 is 6.61 Å². The summed E-state index contributed by atoms with van der Waals surface area (Å²) in [6, 6.07) is 26.4. The van der Waals surface area contributed by atoms with Gasteiger partial charge in [0.05, 0.1) is 0 Å². The van der Waals surface area contributed by atoms with Crippen LogP contribution in [0.25, 0.3) is 0 Å². The Balaban J connectivity index is 1.54. The van der Waals surface area contributed by atoms with Crippen molar-refractivity contribution in [1.82, 2.24) is 5.32 Å². The van der Waals surface area contributed by atoms with Gasteiger partial charge in [-0.25, -0.2) is 0 Å². The van der Waals surface area contributed by atoms with E-state index in [0.29, 0.717) is 6.54 Å². The molecule has 0 aliphatic heterocycles. The molecule has 3 aromatic carbocycles. The lowest BCUT2D eigenvalue weighted by Crippen LogP contribution is -2.87. The number of nitrogens with one attached hydrogen (secondary N) is 1. The SMILES string of the molecule is O=C(C[NH2+][C@@H](c1ccccc1)c1ccc(OC(F)F)cc1)NCCCc1ccccc1. The molecular weight excluding hydrogens is 398 g/mol. The number of hydrogen-bond acceptors (Lipinski definition) is 2. The van der Waals surface area contributed by atoms with E-state index in [1.807, 2.05) is 53.8 Å². The number of quaternary nitrogens is 1. The number of aryl methyl sites for hydroxylation is 1. The molecule has 0 saturated heterocycles. The number of hydrogen-bond donors (Lipinski definition) is 2. The first kappa shape index (κ1) is 22.4. The maximum Gasteiger partial charge on any atom is 0.387 e. The highest BCUT2D eigenvalue weighted by molar-refractivity contribution is 5.76. The minimum atomic E-state index is -2.85. The van der Waals surface area contributed by atoms with Crippen LogP contribution in [0.3, 0.4) is 0 Å². The Bertz CT molecular complexity index is 919. The third kappa shape index (κ3) is 7.50. The molecule has 0 aromatic heterocycles. The number of alkyl halides is 2. The van der Waals surface area contributed by atoms with Gasteiger partial charge in [-0.3, -0.25) is 4.79 Å². The molecule has 0 heterocycles. The van der Waals surface area contributed by atoms with Crippen LogP contribution in [0, 0.1) is 0 Å². The summed E-state index contributed by atoms with van der Waals surface area (Å²) in [5.74, 6) is 0.0772. The summed E-state index contributed by atoms with van der Waals surface area (Å²) in [5.41, 5.74) is 3.19. The number of benzene rings is 3. The van der Waals surface area contributed by atoms with Crippen LogP contribution >= 0.6 is 0 Å². The van der Waals surface area contributed by atoms with Crippen LogP contribution in [0.2, 0.25) is 0 Å². The van der Waals surface area contributed by atoms with Gasteiger partial charge in [-0.1, -0.05) is 60.7 Å². The molecule has 0 bridgehead atoms. The van der Waals surface area contributed by atoms with Crippen molar-refractivity contribution < 1.29 is 23.6 Å². The van der Waals surface area contributed by atoms with E-state index in [0.717, 1.165) is 24.0 Å². The third-order valence-electron chi connectivity index (χ3n) is 4.97. The van der Waals surface area contributed by atoms with E-state index < -0.39 is 6.61 Å². The zero-order chi connectivity index (χ0) is 21.9. The van der Waals surface area contributed by atoms with Crippen LogP contribution in [0.1, 0.15) is 29.2 Å². The normalized spacial score (nSPS) is 11.8. The zero-order valence-corrected chi connectivity index (χ0v) is 17.2. The molecule has 1 amide bonds. The van der Waals surface area contributed by atoms with Gasteiger partial charge in [-0.05, 0) is 42.7 Å². The number of carbonyl (C=O) groups is 1. The van der Waals surface area contributed by atoms with Gasteiger partial charge in [0.15, 0.2) is 6.54 Å². The third-order valence-corrected chi connectivity index (χ3v) is 4.97. The van der Waals surface area contributed by atoms with Gasteiger partial charge in [-0.15, -0.1) is 0 Å². The van der Waals surface area contributed by atoms with Crippen LogP contribution in [-0.4, -0.2) is 25.6 Å². The van der Waals surface area contributed by atoms with E-state index in [-0.39, 0.29) is 24.2 Å². The summed E-state index contributed by atoms with van der Waals surface area (Å²) in [6.45, 7) is -1.97. The first-order valence-electron chi connectivity index (χ1n) is 10.4. The topological polar surface area (TPSA) is 54.9 Å². The van der Waals surface area contributed by atoms with E-state index in [1.54, 1.807) is 12.1 Å². The Morgan fingerprint density at radius 3 is 2.13 bits per heavy atom. The molecule has 3 N–H and O–H groups in total. The number of carbonyl (C=O) groups excluding carboxylic acids is 1. The number of nitrogens with two attached hydrogens (primary N) is 1. The van der Waals surface area contributed by atoms with Crippen molar-refractivity contribution in [3.8, 4) is 5.75 Å². The quantitative estimate of drug-likeness (QED) is 0.461. The molecule has 1 atom stereocenters. The van der Waals surface area contributed by atoms with Crippen molar-refractivity contribution in [3.05, 3.63) is 102 Å². The Morgan fingerprint density at radius 2 is 1.48 bits per heavy atom. The summed E-state index contributed by atoms with van der Waals surface area (Å²) in [4.78, 5) is 12.4. The fourth-order valence-electron chi connectivity index (χ4n) is 3.44. The van der Waals surface area contributed by atoms with Crippen molar-refractivity contribution in [2.24, 2.45) is 0 Å². The summed E-state index contributed by atoms with van der Waals surface area (Å²) >= 11 is 0. The van der Waals surface area contributed by atoms with Crippen molar-refractivity contribution in [2.75, 3.05) is 13.1 Å². The van der Waals surface area contributed by atoms with Crippen LogP contribution in [0.15, 0.2) is 84.9 Å². The van der Waals surface area contributed by atoms with Crippen molar-refractivity contribution in [1.29, 1.82) is 0 Å². The minimum absolute atomic E-state index is 0.0355. The fourth-order valence-corrected chi connectivity index (χ4v) is 3.44. The predicted octanol–water partition coefficient (Wildman–Crippen LogP) is 3.69. The Labute approximate surface area is 181 Å². The summed E-state index contributed by atoms with van der Waals surface area (Å²) in [6.07, 6.45) is 1.80. The first-order chi connectivity index (χ1) is 15.1. The molecule has 0 saturated carbocycles. The maximum atomic E-state index is 12.4. The molecule has 0 fully saturated rings. The highest BCUT2D eigenvalue weighted by Crippen LogP contribution is 2.22. The molecule has 6 heteroatoms. The molecule has 0 aliphatic carbocycles. The molecule has 4 nitrogen and oxygen atoms in total. The van der Waals surface area contributed by atoms with Crippen LogP contribution in [0.5, 0.6) is 5.75 Å². The smallest absolute Gasteiger partial charge is 0.387 e. The Kier molecular flexibility index (Phi) is 8.55. The monoisotopic (exact) mass is 425 g/mol.